The summed E-state index contributed by atoms with van der Waals surface area (Å²) in [6.45, 7) is 0. The van der Waals surface area contributed by atoms with Crippen molar-refractivity contribution in [1.82, 2.24) is 10.3 Å². The Morgan fingerprint density at radius 1 is 1.04 bits per heavy atom. The molecule has 3 N–H and O–H groups in total. The molecule has 0 radical (unpaired) electrons. The Bertz CT molecular complexity index is 987. The lowest BCUT2D eigenvalue weighted by Gasteiger charge is -2.16. The van der Waals surface area contributed by atoms with Crippen LogP contribution in [-0.4, -0.2) is 32.8 Å². The van der Waals surface area contributed by atoms with Crippen LogP contribution in [0, 0.1) is 0 Å². The van der Waals surface area contributed by atoms with Gasteiger partial charge in [0.1, 0.15) is 6.04 Å². The van der Waals surface area contributed by atoms with Gasteiger partial charge < -0.3 is 11.1 Å². The number of nitrogens with two attached hydrogens (primary N) is 1. The lowest BCUT2D eigenvalue weighted by atomic mass is 10.1. The minimum Gasteiger partial charge on any atom is -0.368 e. The molecule has 7 heteroatoms. The molecule has 3 aromatic rings. The van der Waals surface area contributed by atoms with E-state index in [0.717, 1.165) is 0 Å². The Morgan fingerprint density at radius 2 is 1.74 bits per heavy atom. The number of carbonyl (C=O) groups is 2. The monoisotopic (exact) mass is 381 g/mol. The number of carbonyl (C=O) groups excluding carboxylic acids is 2. The van der Waals surface area contributed by atoms with E-state index in [-0.39, 0.29) is 12.2 Å². The van der Waals surface area contributed by atoms with Gasteiger partial charge in [0.2, 0.25) is 5.91 Å². The van der Waals surface area contributed by atoms with Crippen molar-refractivity contribution >= 4 is 33.5 Å². The van der Waals surface area contributed by atoms with E-state index in [1.165, 1.54) is 0 Å². The maximum absolute atomic E-state index is 12.7. The molecule has 1 aromatic heterocycles. The van der Waals surface area contributed by atoms with Gasteiger partial charge in [0.05, 0.1) is 21.9 Å². The molecule has 0 aliphatic rings. The molecule has 1 heterocycles. The first-order valence-corrected chi connectivity index (χ1v) is 9.75. The molecule has 2 aromatic carbocycles. The summed E-state index contributed by atoms with van der Waals surface area (Å²) in [7, 11) is -1.27. The van der Waals surface area contributed by atoms with E-state index in [1.54, 1.807) is 48.7 Å². The van der Waals surface area contributed by atoms with Crippen LogP contribution in [0.5, 0.6) is 0 Å². The van der Waals surface area contributed by atoms with Crippen LogP contribution < -0.4 is 11.1 Å². The van der Waals surface area contributed by atoms with Gasteiger partial charge in [-0.1, -0.05) is 36.4 Å². The molecule has 0 bridgehead atoms. The van der Waals surface area contributed by atoms with E-state index in [4.69, 9.17) is 5.73 Å². The number of hydrogen-bond acceptors (Lipinski definition) is 4. The number of amides is 2. The summed E-state index contributed by atoms with van der Waals surface area (Å²) in [6, 6.07) is 16.9. The van der Waals surface area contributed by atoms with Crippen LogP contribution in [0.25, 0.3) is 10.9 Å². The molecular formula is C20H19N3O3S. The molecule has 6 nitrogen and oxygen atoms in total. The fourth-order valence-corrected chi connectivity index (χ4v) is 3.88. The topological polar surface area (TPSA) is 102 Å². The molecule has 0 unspecified atom stereocenters. The maximum Gasteiger partial charge on any atom is 0.252 e. The molecule has 0 fully saturated rings. The van der Waals surface area contributed by atoms with Crippen molar-refractivity contribution in [2.75, 3.05) is 5.75 Å². The number of nitrogens with one attached hydrogen (secondary N) is 1. The molecule has 2 amide bonds. The quantitative estimate of drug-likeness (QED) is 0.653. The standard InChI is InChI=1S/C20H19N3O3S/c21-19(24)18(11-13-27(26)14-6-2-1-3-7-14)23-20(25)16-10-12-22-17-9-5-4-8-15(16)17/h1-10,12,18H,11,13H2,(H2,21,24)(H,23,25)/t18-,27+/m0/s1. The van der Waals surface area contributed by atoms with Crippen molar-refractivity contribution in [3.05, 3.63) is 72.4 Å². The summed E-state index contributed by atoms with van der Waals surface area (Å²) in [5, 5.41) is 3.34. The number of primary amides is 1. The number of pyridine rings is 1. The van der Waals surface area contributed by atoms with Gasteiger partial charge in [0.25, 0.3) is 5.91 Å². The number of fused-ring (bicyclic) bond motifs is 1. The third-order valence-corrected chi connectivity index (χ3v) is 5.54. The Morgan fingerprint density at radius 3 is 2.48 bits per heavy atom. The lowest BCUT2D eigenvalue weighted by molar-refractivity contribution is -0.119. The number of aromatic nitrogens is 1. The fraction of sp³-hybridized carbons (Fsp3) is 0.150. The van der Waals surface area contributed by atoms with Crippen LogP contribution in [0.2, 0.25) is 0 Å². The molecule has 138 valence electrons. The molecule has 0 spiro atoms. The van der Waals surface area contributed by atoms with Gasteiger partial charge in [-0.05, 0) is 30.7 Å². The van der Waals surface area contributed by atoms with Crippen molar-refractivity contribution in [2.45, 2.75) is 17.4 Å². The molecular weight excluding hydrogens is 362 g/mol. The fourth-order valence-electron chi connectivity index (χ4n) is 2.73. The minimum atomic E-state index is -1.27. The second-order valence-corrected chi connectivity index (χ2v) is 7.53. The number of benzene rings is 2. The average molecular weight is 381 g/mol. The van der Waals surface area contributed by atoms with E-state index in [9.17, 15) is 13.8 Å². The zero-order chi connectivity index (χ0) is 19.2. The van der Waals surface area contributed by atoms with Gasteiger partial charge in [0, 0.05) is 22.2 Å². The molecule has 27 heavy (non-hydrogen) atoms. The Kier molecular flexibility index (Phi) is 5.93. The summed E-state index contributed by atoms with van der Waals surface area (Å²) in [5.74, 6) is -0.857. The lowest BCUT2D eigenvalue weighted by Crippen LogP contribution is -2.45. The van der Waals surface area contributed by atoms with Crippen LogP contribution in [0.3, 0.4) is 0 Å². The number of nitrogens with zero attached hydrogens (tertiary/aromatic N) is 1. The Hall–Kier alpha value is -3.06. The van der Waals surface area contributed by atoms with Gasteiger partial charge in [-0.15, -0.1) is 0 Å². The summed E-state index contributed by atoms with van der Waals surface area (Å²) in [4.78, 5) is 29.3. The Labute approximate surface area is 159 Å². The molecule has 3 rings (SSSR count). The van der Waals surface area contributed by atoms with Crippen LogP contribution >= 0.6 is 0 Å². The third-order valence-electron chi connectivity index (χ3n) is 4.14. The van der Waals surface area contributed by atoms with Crippen molar-refractivity contribution in [3.8, 4) is 0 Å². The van der Waals surface area contributed by atoms with Crippen LogP contribution in [0.15, 0.2) is 71.8 Å². The maximum atomic E-state index is 12.7. The first-order valence-electron chi connectivity index (χ1n) is 8.43. The summed E-state index contributed by atoms with van der Waals surface area (Å²) >= 11 is 0. The molecule has 0 saturated carbocycles. The number of rotatable bonds is 7. The van der Waals surface area contributed by atoms with Crippen LogP contribution in [0.4, 0.5) is 0 Å². The highest BCUT2D eigenvalue weighted by atomic mass is 32.2. The summed E-state index contributed by atoms with van der Waals surface area (Å²) < 4.78 is 12.3. The largest absolute Gasteiger partial charge is 0.368 e. The second-order valence-electron chi connectivity index (χ2n) is 5.96. The highest BCUT2D eigenvalue weighted by Crippen LogP contribution is 2.16. The van der Waals surface area contributed by atoms with Gasteiger partial charge in [0.15, 0.2) is 0 Å². The SMILES string of the molecule is NC(=O)[C@H](CC[S@@](=O)c1ccccc1)NC(=O)c1ccnc2ccccc12. The molecule has 2 atom stereocenters. The Balaban J connectivity index is 1.71. The highest BCUT2D eigenvalue weighted by Gasteiger charge is 2.21. The zero-order valence-corrected chi connectivity index (χ0v) is 15.3. The minimum absolute atomic E-state index is 0.186. The van der Waals surface area contributed by atoms with Gasteiger partial charge in [-0.2, -0.15) is 0 Å². The van der Waals surface area contributed by atoms with Gasteiger partial charge >= 0.3 is 0 Å². The summed E-state index contributed by atoms with van der Waals surface area (Å²) in [5.41, 5.74) is 6.53. The third kappa shape index (κ3) is 4.57. The van der Waals surface area contributed by atoms with Crippen molar-refractivity contribution in [1.29, 1.82) is 0 Å². The molecule has 0 aliphatic heterocycles. The molecule has 0 aliphatic carbocycles. The van der Waals surface area contributed by atoms with Crippen LogP contribution in [0.1, 0.15) is 16.8 Å². The first kappa shape index (κ1) is 18.7. The number of hydrogen-bond donors (Lipinski definition) is 2. The predicted molar refractivity (Wildman–Crippen MR) is 105 cm³/mol. The van der Waals surface area contributed by atoms with E-state index in [0.29, 0.717) is 21.4 Å². The smallest absolute Gasteiger partial charge is 0.252 e. The van der Waals surface area contributed by atoms with E-state index in [2.05, 4.69) is 10.3 Å². The van der Waals surface area contributed by atoms with Gasteiger partial charge in [-0.3, -0.25) is 18.8 Å². The summed E-state index contributed by atoms with van der Waals surface area (Å²) in [6.07, 6.45) is 1.73. The average Bonchev–Trinajstić information content (AvgIpc) is 2.70. The number of para-hydroxylation sites is 1. The highest BCUT2D eigenvalue weighted by molar-refractivity contribution is 7.85. The second kappa shape index (κ2) is 8.55. The predicted octanol–water partition coefficient (Wildman–Crippen LogP) is 2.02. The normalized spacial score (nSPS) is 13.0. The van der Waals surface area contributed by atoms with Crippen LogP contribution in [-0.2, 0) is 15.6 Å². The van der Waals surface area contributed by atoms with Crippen molar-refractivity contribution in [3.63, 3.8) is 0 Å². The van der Waals surface area contributed by atoms with Crippen molar-refractivity contribution in [2.24, 2.45) is 5.73 Å². The zero-order valence-electron chi connectivity index (χ0n) is 14.5. The molecule has 0 saturated heterocycles. The van der Waals surface area contributed by atoms with Crippen molar-refractivity contribution < 1.29 is 13.8 Å². The van der Waals surface area contributed by atoms with E-state index >= 15 is 0 Å². The first-order chi connectivity index (χ1) is 13.1. The van der Waals surface area contributed by atoms with Gasteiger partial charge in [-0.25, -0.2) is 0 Å². The van der Waals surface area contributed by atoms with E-state index in [1.807, 2.05) is 18.2 Å². The van der Waals surface area contributed by atoms with E-state index < -0.39 is 28.7 Å².